The van der Waals surface area contributed by atoms with Crippen molar-refractivity contribution in [2.24, 2.45) is 0 Å². The van der Waals surface area contributed by atoms with Gasteiger partial charge in [-0.05, 0) is 20.8 Å². The van der Waals surface area contributed by atoms with Crippen molar-refractivity contribution < 1.29 is 24.2 Å². The fourth-order valence-electron chi connectivity index (χ4n) is 1.30. The van der Waals surface area contributed by atoms with E-state index in [0.29, 0.717) is 0 Å². The summed E-state index contributed by atoms with van der Waals surface area (Å²) in [4.78, 5) is 26.4. The van der Waals surface area contributed by atoms with E-state index in [0.717, 1.165) is 0 Å². The Morgan fingerprint density at radius 3 is 2.47 bits per heavy atom. The third-order valence-electron chi connectivity index (χ3n) is 1.96. The largest absolute Gasteiger partial charge is 0.494 e. The summed E-state index contributed by atoms with van der Waals surface area (Å²) in [6, 6.07) is 1.44. The molecule has 1 aromatic heterocycles. The van der Waals surface area contributed by atoms with E-state index in [4.69, 9.17) is 14.6 Å². The molecule has 1 amide bonds. The van der Waals surface area contributed by atoms with Crippen molar-refractivity contribution in [1.82, 2.24) is 4.98 Å². The Morgan fingerprint density at radius 1 is 1.37 bits per heavy atom. The number of carboxylic acid groups (broad SMARTS) is 1. The summed E-state index contributed by atoms with van der Waals surface area (Å²) in [6.07, 6.45) is 0.504. The van der Waals surface area contributed by atoms with E-state index in [-0.39, 0.29) is 17.1 Å². The van der Waals surface area contributed by atoms with Gasteiger partial charge in [-0.1, -0.05) is 0 Å². The van der Waals surface area contributed by atoms with Crippen LogP contribution < -0.4 is 10.1 Å². The molecule has 104 valence electrons. The van der Waals surface area contributed by atoms with E-state index in [9.17, 15) is 9.59 Å². The molecule has 0 unspecified atom stereocenters. The number of nitrogens with zero attached hydrogens (tertiary/aromatic N) is 1. The van der Waals surface area contributed by atoms with Gasteiger partial charge >= 0.3 is 12.1 Å². The van der Waals surface area contributed by atoms with Gasteiger partial charge in [-0.2, -0.15) is 0 Å². The second-order valence-corrected chi connectivity index (χ2v) is 4.67. The molecule has 0 aliphatic rings. The van der Waals surface area contributed by atoms with Crippen LogP contribution in [-0.2, 0) is 4.74 Å². The molecule has 0 atom stereocenters. The van der Waals surface area contributed by atoms with Gasteiger partial charge < -0.3 is 14.6 Å². The molecule has 0 aliphatic heterocycles. The Morgan fingerprint density at radius 2 is 2.00 bits per heavy atom. The lowest BCUT2D eigenvalue weighted by Gasteiger charge is -2.20. The Labute approximate surface area is 110 Å². The van der Waals surface area contributed by atoms with Crippen molar-refractivity contribution >= 4 is 17.7 Å². The third kappa shape index (κ3) is 4.13. The second kappa shape index (κ2) is 5.55. The highest BCUT2D eigenvalue weighted by molar-refractivity contribution is 5.99. The van der Waals surface area contributed by atoms with Crippen molar-refractivity contribution in [2.45, 2.75) is 26.4 Å². The van der Waals surface area contributed by atoms with Crippen LogP contribution in [0.2, 0.25) is 0 Å². The highest BCUT2D eigenvalue weighted by atomic mass is 16.6. The number of pyridine rings is 1. The fourth-order valence-corrected chi connectivity index (χ4v) is 1.30. The van der Waals surface area contributed by atoms with Gasteiger partial charge in [0.25, 0.3) is 0 Å². The van der Waals surface area contributed by atoms with Crippen LogP contribution in [0.3, 0.4) is 0 Å². The van der Waals surface area contributed by atoms with Crippen molar-refractivity contribution in [3.63, 3.8) is 0 Å². The molecular formula is C12H16N2O5. The lowest BCUT2D eigenvalue weighted by molar-refractivity contribution is 0.0635. The first-order chi connectivity index (χ1) is 8.74. The molecule has 1 heterocycles. The van der Waals surface area contributed by atoms with Gasteiger partial charge in [-0.25, -0.2) is 14.6 Å². The third-order valence-corrected chi connectivity index (χ3v) is 1.96. The number of amides is 1. The normalized spacial score (nSPS) is 10.7. The van der Waals surface area contributed by atoms with E-state index >= 15 is 0 Å². The molecule has 19 heavy (non-hydrogen) atoms. The van der Waals surface area contributed by atoms with Gasteiger partial charge in [0.1, 0.15) is 17.0 Å². The van der Waals surface area contributed by atoms with Crippen LogP contribution in [0.5, 0.6) is 5.75 Å². The quantitative estimate of drug-likeness (QED) is 0.871. The lowest BCUT2D eigenvalue weighted by atomic mass is 10.2. The molecule has 0 saturated heterocycles. The minimum atomic E-state index is -1.27. The van der Waals surface area contributed by atoms with Crippen molar-refractivity contribution in [3.05, 3.63) is 18.0 Å². The summed E-state index contributed by atoms with van der Waals surface area (Å²) in [7, 11) is 1.36. The average molecular weight is 268 g/mol. The predicted molar refractivity (Wildman–Crippen MR) is 67.6 cm³/mol. The van der Waals surface area contributed by atoms with Crippen LogP contribution in [0.1, 0.15) is 31.3 Å². The molecular weight excluding hydrogens is 252 g/mol. The predicted octanol–water partition coefficient (Wildman–Crippen LogP) is 2.14. The minimum Gasteiger partial charge on any atom is -0.494 e. The Balaban J connectivity index is 3.05. The number of hydrogen-bond donors (Lipinski definition) is 2. The number of carboxylic acids is 1. The van der Waals surface area contributed by atoms with Gasteiger partial charge in [-0.15, -0.1) is 0 Å². The van der Waals surface area contributed by atoms with E-state index in [1.165, 1.54) is 19.4 Å². The molecule has 1 rings (SSSR count). The molecule has 0 fully saturated rings. The topological polar surface area (TPSA) is 97.8 Å². The first kappa shape index (κ1) is 14.7. The number of carbonyl (C=O) groups is 2. The maximum absolute atomic E-state index is 11.7. The number of carbonyl (C=O) groups excluding carboxylic acids is 1. The number of rotatable bonds is 3. The van der Waals surface area contributed by atoms with E-state index < -0.39 is 17.7 Å². The summed E-state index contributed by atoms with van der Waals surface area (Å²) in [6.45, 7) is 5.10. The number of nitrogens with one attached hydrogen (secondary N) is 1. The van der Waals surface area contributed by atoms with Gasteiger partial charge in [0, 0.05) is 12.3 Å². The zero-order chi connectivity index (χ0) is 14.6. The number of hydrogen-bond acceptors (Lipinski definition) is 5. The average Bonchev–Trinajstić information content (AvgIpc) is 2.26. The van der Waals surface area contributed by atoms with Crippen LogP contribution >= 0.6 is 0 Å². The van der Waals surface area contributed by atoms with Crippen molar-refractivity contribution in [1.29, 1.82) is 0 Å². The Kier molecular flexibility index (Phi) is 4.31. The first-order valence-corrected chi connectivity index (χ1v) is 5.51. The molecule has 1 aromatic rings. The summed E-state index contributed by atoms with van der Waals surface area (Å²) in [5.41, 5.74) is -1.04. The number of ether oxygens (including phenoxy) is 2. The van der Waals surface area contributed by atoms with E-state index in [1.807, 2.05) is 0 Å². The van der Waals surface area contributed by atoms with Crippen LogP contribution in [0.4, 0.5) is 10.5 Å². The number of aromatic nitrogens is 1. The first-order valence-electron chi connectivity index (χ1n) is 5.51. The van der Waals surface area contributed by atoms with Gasteiger partial charge in [0.2, 0.25) is 0 Å². The zero-order valence-corrected chi connectivity index (χ0v) is 11.2. The fraction of sp³-hybridized carbons (Fsp3) is 0.417. The van der Waals surface area contributed by atoms with Crippen LogP contribution in [0.15, 0.2) is 12.3 Å². The van der Waals surface area contributed by atoms with Crippen molar-refractivity contribution in [3.8, 4) is 5.75 Å². The molecule has 7 heteroatoms. The molecule has 0 aliphatic carbocycles. The SMILES string of the molecule is COc1ccnc(C(=O)O)c1NC(=O)OC(C)(C)C. The zero-order valence-electron chi connectivity index (χ0n) is 11.2. The van der Waals surface area contributed by atoms with Crippen LogP contribution in [0, 0.1) is 0 Å². The molecule has 0 bridgehead atoms. The lowest BCUT2D eigenvalue weighted by Crippen LogP contribution is -2.28. The summed E-state index contributed by atoms with van der Waals surface area (Å²) >= 11 is 0. The maximum Gasteiger partial charge on any atom is 0.412 e. The molecule has 7 nitrogen and oxygen atoms in total. The number of methoxy groups -OCH3 is 1. The second-order valence-electron chi connectivity index (χ2n) is 4.67. The molecule has 0 aromatic carbocycles. The number of aromatic carboxylic acids is 1. The highest BCUT2D eigenvalue weighted by Gasteiger charge is 2.22. The summed E-state index contributed by atoms with van der Waals surface area (Å²) in [5, 5.41) is 11.4. The van der Waals surface area contributed by atoms with Crippen molar-refractivity contribution in [2.75, 3.05) is 12.4 Å². The van der Waals surface area contributed by atoms with E-state index in [1.54, 1.807) is 20.8 Å². The standard InChI is InChI=1S/C12H16N2O5/c1-12(2,3)19-11(17)14-8-7(18-4)5-6-13-9(8)10(15)16/h5-6H,1-4H3,(H,14,17)(H,15,16). The summed E-state index contributed by atoms with van der Waals surface area (Å²) < 4.78 is 10.0. The Hall–Kier alpha value is -2.31. The minimum absolute atomic E-state index is 0.0354. The molecule has 0 radical (unpaired) electrons. The molecule has 2 N–H and O–H groups in total. The van der Waals surface area contributed by atoms with Crippen LogP contribution in [0.25, 0.3) is 0 Å². The van der Waals surface area contributed by atoms with Gasteiger partial charge in [0.05, 0.1) is 7.11 Å². The van der Waals surface area contributed by atoms with Gasteiger partial charge in [0.15, 0.2) is 5.69 Å². The maximum atomic E-state index is 11.7. The van der Waals surface area contributed by atoms with Crippen LogP contribution in [-0.4, -0.2) is 34.9 Å². The number of anilines is 1. The monoisotopic (exact) mass is 268 g/mol. The van der Waals surface area contributed by atoms with E-state index in [2.05, 4.69) is 10.3 Å². The molecule has 0 spiro atoms. The van der Waals surface area contributed by atoms with Gasteiger partial charge in [-0.3, -0.25) is 5.32 Å². The molecule has 0 saturated carbocycles. The highest BCUT2D eigenvalue weighted by Crippen LogP contribution is 2.27. The Bertz CT molecular complexity index is 493. The smallest absolute Gasteiger partial charge is 0.412 e. The summed E-state index contributed by atoms with van der Waals surface area (Å²) in [5.74, 6) is -1.08.